The Morgan fingerprint density at radius 3 is 2.48 bits per heavy atom. The zero-order valence-electron chi connectivity index (χ0n) is 11.7. The second-order valence-corrected chi connectivity index (χ2v) is 4.80. The zero-order valence-corrected chi connectivity index (χ0v) is 11.7. The number of amides is 1. The Kier molecular flexibility index (Phi) is 3.89. The van der Waals surface area contributed by atoms with Gasteiger partial charge in [-0.05, 0) is 43.2 Å². The molecule has 0 heterocycles. The lowest BCUT2D eigenvalue weighted by Crippen LogP contribution is -2.14. The van der Waals surface area contributed by atoms with Crippen LogP contribution in [0.2, 0.25) is 0 Å². The molecule has 0 spiro atoms. The number of aryl methyl sites for hydroxylation is 2. The average molecular weight is 285 g/mol. The van der Waals surface area contributed by atoms with Gasteiger partial charge in [0.2, 0.25) is 0 Å². The summed E-state index contributed by atoms with van der Waals surface area (Å²) in [6.45, 7) is 3.58. The van der Waals surface area contributed by atoms with Gasteiger partial charge >= 0.3 is 0 Å². The molecule has 0 aliphatic carbocycles. The summed E-state index contributed by atoms with van der Waals surface area (Å²) in [6, 6.07) is 9.44. The molecule has 21 heavy (non-hydrogen) atoms. The van der Waals surface area contributed by atoms with E-state index in [4.69, 9.17) is 5.73 Å². The highest BCUT2D eigenvalue weighted by molar-refractivity contribution is 6.08. The molecular weight excluding hydrogens is 270 g/mol. The summed E-state index contributed by atoms with van der Waals surface area (Å²) in [5, 5.41) is 13.4. The van der Waals surface area contributed by atoms with Gasteiger partial charge in [-0.3, -0.25) is 14.9 Å². The van der Waals surface area contributed by atoms with E-state index < -0.39 is 4.92 Å². The first-order chi connectivity index (χ1) is 9.88. The van der Waals surface area contributed by atoms with Crippen LogP contribution in [0.25, 0.3) is 0 Å². The van der Waals surface area contributed by atoms with Crippen molar-refractivity contribution >= 4 is 23.0 Å². The van der Waals surface area contributed by atoms with Gasteiger partial charge < -0.3 is 11.1 Å². The highest BCUT2D eigenvalue weighted by Crippen LogP contribution is 2.23. The minimum atomic E-state index is -0.476. The van der Waals surface area contributed by atoms with E-state index in [2.05, 4.69) is 5.32 Å². The second-order valence-electron chi connectivity index (χ2n) is 4.80. The summed E-state index contributed by atoms with van der Waals surface area (Å²) in [7, 11) is 0. The molecule has 108 valence electrons. The molecule has 0 unspecified atom stereocenters. The molecular formula is C15H15N3O3. The number of nitrogens with zero attached hydrogens (tertiary/aromatic N) is 1. The lowest BCUT2D eigenvalue weighted by atomic mass is 10.1. The van der Waals surface area contributed by atoms with Gasteiger partial charge in [0.05, 0.1) is 10.5 Å². The van der Waals surface area contributed by atoms with E-state index in [-0.39, 0.29) is 11.6 Å². The van der Waals surface area contributed by atoms with Crippen molar-refractivity contribution in [3.8, 4) is 0 Å². The lowest BCUT2D eigenvalue weighted by molar-refractivity contribution is -0.384. The number of carbonyl (C=O) groups excluding carboxylic acids is 1. The molecule has 0 radical (unpaired) electrons. The fourth-order valence-corrected chi connectivity index (χ4v) is 1.98. The monoisotopic (exact) mass is 285 g/mol. The molecule has 0 fully saturated rings. The van der Waals surface area contributed by atoms with E-state index in [0.717, 1.165) is 5.56 Å². The normalized spacial score (nSPS) is 10.2. The van der Waals surface area contributed by atoms with E-state index in [0.29, 0.717) is 22.5 Å². The van der Waals surface area contributed by atoms with Crippen LogP contribution in [-0.4, -0.2) is 10.8 Å². The van der Waals surface area contributed by atoms with Gasteiger partial charge in [0.15, 0.2) is 0 Å². The minimum absolute atomic E-state index is 0.0136. The number of nitro benzene ring substituents is 1. The molecule has 2 aromatic carbocycles. The number of nitrogens with one attached hydrogen (secondary N) is 1. The summed E-state index contributed by atoms with van der Waals surface area (Å²) in [4.78, 5) is 22.4. The molecule has 6 heteroatoms. The van der Waals surface area contributed by atoms with Crippen molar-refractivity contribution in [2.45, 2.75) is 13.8 Å². The number of carbonyl (C=O) groups is 1. The molecule has 0 saturated carbocycles. The summed E-state index contributed by atoms with van der Waals surface area (Å²) < 4.78 is 0. The molecule has 0 atom stereocenters. The van der Waals surface area contributed by atoms with Crippen molar-refractivity contribution in [3.63, 3.8) is 0 Å². The van der Waals surface area contributed by atoms with Gasteiger partial charge in [0.1, 0.15) is 0 Å². The molecule has 0 bridgehead atoms. The second kappa shape index (κ2) is 5.62. The smallest absolute Gasteiger partial charge is 0.269 e. The van der Waals surface area contributed by atoms with Crippen LogP contribution in [0.1, 0.15) is 21.5 Å². The van der Waals surface area contributed by atoms with E-state index in [1.807, 2.05) is 6.92 Å². The SMILES string of the molecule is Cc1ccc(C(=O)Nc2ccc([N+](=O)[O-])cc2C)c(N)c1. The van der Waals surface area contributed by atoms with Gasteiger partial charge in [-0.2, -0.15) is 0 Å². The number of rotatable bonds is 3. The van der Waals surface area contributed by atoms with Crippen molar-refractivity contribution < 1.29 is 9.72 Å². The zero-order chi connectivity index (χ0) is 15.6. The van der Waals surface area contributed by atoms with Crippen molar-refractivity contribution in [2.75, 3.05) is 11.1 Å². The van der Waals surface area contributed by atoms with Crippen LogP contribution in [0.3, 0.4) is 0 Å². The van der Waals surface area contributed by atoms with E-state index in [1.165, 1.54) is 18.2 Å². The number of non-ortho nitro benzene ring substituents is 1. The van der Waals surface area contributed by atoms with Crippen LogP contribution < -0.4 is 11.1 Å². The Morgan fingerprint density at radius 2 is 1.90 bits per heavy atom. The molecule has 2 aromatic rings. The van der Waals surface area contributed by atoms with Crippen LogP contribution >= 0.6 is 0 Å². The van der Waals surface area contributed by atoms with Gasteiger partial charge in [-0.15, -0.1) is 0 Å². The molecule has 0 aromatic heterocycles. The third kappa shape index (κ3) is 3.17. The fraction of sp³-hybridized carbons (Fsp3) is 0.133. The molecule has 0 aliphatic rings. The Hall–Kier alpha value is -2.89. The predicted molar refractivity (Wildman–Crippen MR) is 81.4 cm³/mol. The van der Waals surface area contributed by atoms with Gasteiger partial charge in [-0.25, -0.2) is 0 Å². The number of hydrogen-bond donors (Lipinski definition) is 2. The number of hydrogen-bond acceptors (Lipinski definition) is 4. The Bertz CT molecular complexity index is 726. The topological polar surface area (TPSA) is 98.3 Å². The van der Waals surface area contributed by atoms with E-state index in [9.17, 15) is 14.9 Å². The largest absolute Gasteiger partial charge is 0.398 e. The first-order valence-electron chi connectivity index (χ1n) is 6.31. The van der Waals surface area contributed by atoms with Crippen LogP contribution in [0.5, 0.6) is 0 Å². The number of nitrogen functional groups attached to an aromatic ring is 1. The third-order valence-electron chi connectivity index (χ3n) is 3.12. The maximum absolute atomic E-state index is 12.2. The van der Waals surface area contributed by atoms with Crippen molar-refractivity contribution in [2.24, 2.45) is 0 Å². The quantitative estimate of drug-likeness (QED) is 0.514. The van der Waals surface area contributed by atoms with Crippen molar-refractivity contribution in [3.05, 3.63) is 63.2 Å². The van der Waals surface area contributed by atoms with Crippen LogP contribution in [-0.2, 0) is 0 Å². The Balaban J connectivity index is 2.25. The number of anilines is 2. The summed E-state index contributed by atoms with van der Waals surface area (Å²) in [6.07, 6.45) is 0. The molecule has 0 aliphatic heterocycles. The number of nitro groups is 1. The minimum Gasteiger partial charge on any atom is -0.398 e. The maximum Gasteiger partial charge on any atom is 0.269 e. The lowest BCUT2D eigenvalue weighted by Gasteiger charge is -2.10. The number of benzene rings is 2. The Morgan fingerprint density at radius 1 is 1.19 bits per heavy atom. The predicted octanol–water partition coefficient (Wildman–Crippen LogP) is 3.05. The van der Waals surface area contributed by atoms with Crippen molar-refractivity contribution in [1.29, 1.82) is 0 Å². The molecule has 6 nitrogen and oxygen atoms in total. The Labute approximate surface area is 121 Å². The standard InChI is InChI=1S/C15H15N3O3/c1-9-3-5-12(13(16)7-9)15(19)17-14-6-4-11(18(20)21)8-10(14)2/h3-8H,16H2,1-2H3,(H,17,19). The molecule has 0 saturated heterocycles. The average Bonchev–Trinajstić information content (AvgIpc) is 2.40. The summed E-state index contributed by atoms with van der Waals surface area (Å²) in [5.74, 6) is -0.343. The van der Waals surface area contributed by atoms with Crippen LogP contribution in [0.15, 0.2) is 36.4 Å². The van der Waals surface area contributed by atoms with Gasteiger partial charge in [0.25, 0.3) is 11.6 Å². The first kappa shape index (κ1) is 14.5. The number of nitrogens with two attached hydrogens (primary N) is 1. The van der Waals surface area contributed by atoms with Crippen LogP contribution in [0.4, 0.5) is 17.1 Å². The molecule has 3 N–H and O–H groups in total. The van der Waals surface area contributed by atoms with Gasteiger partial charge in [-0.1, -0.05) is 6.07 Å². The maximum atomic E-state index is 12.2. The third-order valence-corrected chi connectivity index (χ3v) is 3.12. The van der Waals surface area contributed by atoms with Crippen LogP contribution in [0, 0.1) is 24.0 Å². The fourth-order valence-electron chi connectivity index (χ4n) is 1.98. The van der Waals surface area contributed by atoms with Crippen molar-refractivity contribution in [1.82, 2.24) is 0 Å². The summed E-state index contributed by atoms with van der Waals surface area (Å²) in [5.41, 5.74) is 8.68. The highest BCUT2D eigenvalue weighted by atomic mass is 16.6. The van der Waals surface area contributed by atoms with E-state index in [1.54, 1.807) is 25.1 Å². The molecule has 2 rings (SSSR count). The molecule has 1 amide bonds. The summed E-state index contributed by atoms with van der Waals surface area (Å²) >= 11 is 0. The first-order valence-corrected chi connectivity index (χ1v) is 6.31. The van der Waals surface area contributed by atoms with E-state index >= 15 is 0 Å². The highest BCUT2D eigenvalue weighted by Gasteiger charge is 2.13. The van der Waals surface area contributed by atoms with Gasteiger partial charge in [0, 0.05) is 23.5 Å².